The van der Waals surface area contributed by atoms with Crippen molar-refractivity contribution in [1.29, 1.82) is 5.26 Å². The summed E-state index contributed by atoms with van der Waals surface area (Å²) >= 11 is 1.46. The molecule has 3 rings (SSSR count). The Morgan fingerprint density at radius 3 is 3.00 bits per heavy atom. The van der Waals surface area contributed by atoms with Gasteiger partial charge in [0.05, 0.1) is 5.56 Å². The highest BCUT2D eigenvalue weighted by Gasteiger charge is 2.22. The molecule has 2 aromatic heterocycles. The number of hydrogen-bond donors (Lipinski definition) is 2. The number of rotatable bonds is 4. The predicted molar refractivity (Wildman–Crippen MR) is 85.6 cm³/mol. The van der Waals surface area contributed by atoms with E-state index in [1.165, 1.54) is 33.0 Å². The minimum Gasteiger partial charge on any atom is -0.317 e. The van der Waals surface area contributed by atoms with Crippen LogP contribution in [-0.2, 0) is 24.2 Å². The molecule has 1 aliphatic rings. The lowest BCUT2D eigenvalue weighted by atomic mass is 10.1. The second-order valence-corrected chi connectivity index (χ2v) is 6.38. The first-order chi connectivity index (χ1) is 11.1. The summed E-state index contributed by atoms with van der Waals surface area (Å²) in [5, 5.41) is 12.6. The molecule has 2 N–H and O–H groups in total. The number of carbonyl (C=O) groups excluding carboxylic acids is 1. The highest BCUT2D eigenvalue weighted by molar-refractivity contribution is 7.16. The molecule has 1 aliphatic carbocycles. The van der Waals surface area contributed by atoms with E-state index in [0.717, 1.165) is 24.8 Å². The molecule has 0 fully saturated rings. The van der Waals surface area contributed by atoms with Crippen LogP contribution in [0.1, 0.15) is 28.8 Å². The molecule has 1 amide bonds. The SMILES string of the molecule is N#Cc1c(NC(=O)CCn2ccc(=O)[nH]c2=O)sc2c1CCC2. The van der Waals surface area contributed by atoms with Gasteiger partial charge in [-0.2, -0.15) is 5.26 Å². The number of carbonyl (C=O) groups is 1. The van der Waals surface area contributed by atoms with Crippen LogP contribution >= 0.6 is 11.3 Å². The van der Waals surface area contributed by atoms with Crippen molar-refractivity contribution in [3.63, 3.8) is 0 Å². The maximum Gasteiger partial charge on any atom is 0.328 e. The van der Waals surface area contributed by atoms with Crippen molar-refractivity contribution < 1.29 is 4.79 Å². The van der Waals surface area contributed by atoms with Gasteiger partial charge in [0.2, 0.25) is 5.91 Å². The second kappa shape index (κ2) is 6.22. The van der Waals surface area contributed by atoms with E-state index in [0.29, 0.717) is 10.6 Å². The third-order valence-electron chi connectivity index (χ3n) is 3.76. The summed E-state index contributed by atoms with van der Waals surface area (Å²) in [6, 6.07) is 3.40. The summed E-state index contributed by atoms with van der Waals surface area (Å²) in [6.45, 7) is 0.161. The van der Waals surface area contributed by atoms with Crippen molar-refractivity contribution in [1.82, 2.24) is 9.55 Å². The maximum absolute atomic E-state index is 12.1. The Hall–Kier alpha value is -2.66. The number of H-pyrrole nitrogens is 1. The number of thiophene rings is 1. The van der Waals surface area contributed by atoms with Crippen LogP contribution in [0.2, 0.25) is 0 Å². The smallest absolute Gasteiger partial charge is 0.317 e. The summed E-state index contributed by atoms with van der Waals surface area (Å²) in [5.41, 5.74) is 0.613. The number of fused-ring (bicyclic) bond motifs is 1. The lowest BCUT2D eigenvalue weighted by molar-refractivity contribution is -0.116. The Balaban J connectivity index is 1.67. The summed E-state index contributed by atoms with van der Waals surface area (Å²) in [5.74, 6) is -0.264. The molecule has 0 spiro atoms. The number of amides is 1. The van der Waals surface area contributed by atoms with Crippen molar-refractivity contribution in [3.8, 4) is 6.07 Å². The van der Waals surface area contributed by atoms with Crippen LogP contribution in [0.3, 0.4) is 0 Å². The molecule has 2 aromatic rings. The first kappa shape index (κ1) is 15.2. The number of nitriles is 1. The third-order valence-corrected chi connectivity index (χ3v) is 4.97. The summed E-state index contributed by atoms with van der Waals surface area (Å²) in [6.07, 6.45) is 4.34. The van der Waals surface area contributed by atoms with E-state index in [-0.39, 0.29) is 18.9 Å². The molecule has 0 radical (unpaired) electrons. The third kappa shape index (κ3) is 3.10. The number of anilines is 1. The lowest BCUT2D eigenvalue weighted by Crippen LogP contribution is -2.29. The molecular weight excluding hydrogens is 316 g/mol. The molecule has 23 heavy (non-hydrogen) atoms. The highest BCUT2D eigenvalue weighted by Crippen LogP contribution is 2.38. The van der Waals surface area contributed by atoms with Crippen molar-refractivity contribution in [3.05, 3.63) is 49.1 Å². The molecule has 0 atom stereocenters. The van der Waals surface area contributed by atoms with Gasteiger partial charge in [0.15, 0.2) is 0 Å². The summed E-state index contributed by atoms with van der Waals surface area (Å²) in [4.78, 5) is 37.9. The number of nitrogens with one attached hydrogen (secondary N) is 2. The van der Waals surface area contributed by atoms with Gasteiger partial charge in [-0.3, -0.25) is 14.6 Å². The number of nitrogens with zero attached hydrogens (tertiary/aromatic N) is 2. The van der Waals surface area contributed by atoms with Crippen LogP contribution in [-0.4, -0.2) is 15.5 Å². The Bertz CT molecular complexity index is 916. The Kier molecular flexibility index (Phi) is 4.12. The zero-order valence-electron chi connectivity index (χ0n) is 12.2. The zero-order valence-corrected chi connectivity index (χ0v) is 13.0. The molecule has 0 aromatic carbocycles. The Morgan fingerprint density at radius 2 is 2.26 bits per heavy atom. The molecule has 8 heteroatoms. The van der Waals surface area contributed by atoms with Crippen LogP contribution in [0.25, 0.3) is 0 Å². The number of aromatic nitrogens is 2. The summed E-state index contributed by atoms with van der Waals surface area (Å²) in [7, 11) is 0. The van der Waals surface area contributed by atoms with Crippen molar-refractivity contribution in [2.24, 2.45) is 0 Å². The number of aromatic amines is 1. The molecule has 2 heterocycles. The quantitative estimate of drug-likeness (QED) is 0.871. The van der Waals surface area contributed by atoms with E-state index in [9.17, 15) is 19.6 Å². The van der Waals surface area contributed by atoms with Gasteiger partial charge in [-0.1, -0.05) is 0 Å². The normalized spacial score (nSPS) is 12.7. The van der Waals surface area contributed by atoms with Crippen molar-refractivity contribution >= 4 is 22.2 Å². The monoisotopic (exact) mass is 330 g/mol. The fourth-order valence-electron chi connectivity index (χ4n) is 2.64. The number of aryl methyl sites for hydroxylation is 2. The topological polar surface area (TPSA) is 108 Å². The molecule has 7 nitrogen and oxygen atoms in total. The lowest BCUT2D eigenvalue weighted by Gasteiger charge is -2.06. The minimum atomic E-state index is -0.543. The van der Waals surface area contributed by atoms with E-state index in [2.05, 4.69) is 16.4 Å². The van der Waals surface area contributed by atoms with E-state index < -0.39 is 11.2 Å². The van der Waals surface area contributed by atoms with Gasteiger partial charge in [0.25, 0.3) is 5.56 Å². The van der Waals surface area contributed by atoms with Gasteiger partial charge >= 0.3 is 5.69 Å². The van der Waals surface area contributed by atoms with Gasteiger partial charge in [0.1, 0.15) is 11.1 Å². The first-order valence-electron chi connectivity index (χ1n) is 7.22. The minimum absolute atomic E-state index is 0.0827. The molecule has 0 bridgehead atoms. The van der Waals surface area contributed by atoms with Crippen LogP contribution in [0.4, 0.5) is 5.00 Å². The molecular formula is C15H14N4O3S. The average Bonchev–Trinajstić information content (AvgIpc) is 3.06. The standard InChI is InChI=1S/C15H14N4O3S/c16-8-10-9-2-1-3-11(9)23-14(10)17-12(20)4-6-19-7-5-13(21)18-15(19)22/h5,7H,1-4,6H2,(H,17,20)(H,18,21,22). The van der Waals surface area contributed by atoms with Gasteiger partial charge in [-0.15, -0.1) is 11.3 Å². The van der Waals surface area contributed by atoms with E-state index >= 15 is 0 Å². The molecule has 0 saturated heterocycles. The highest BCUT2D eigenvalue weighted by atomic mass is 32.1. The van der Waals surface area contributed by atoms with Crippen LogP contribution in [0.5, 0.6) is 0 Å². The van der Waals surface area contributed by atoms with Crippen LogP contribution < -0.4 is 16.6 Å². The number of hydrogen-bond acceptors (Lipinski definition) is 5. The first-order valence-corrected chi connectivity index (χ1v) is 8.04. The van der Waals surface area contributed by atoms with Crippen molar-refractivity contribution in [2.45, 2.75) is 32.2 Å². The molecule has 0 aliphatic heterocycles. The Labute approximate surface area is 135 Å². The predicted octanol–water partition coefficient (Wildman–Crippen LogP) is 0.987. The van der Waals surface area contributed by atoms with E-state index in [4.69, 9.17) is 0 Å². The van der Waals surface area contributed by atoms with Gasteiger partial charge < -0.3 is 9.88 Å². The second-order valence-electron chi connectivity index (χ2n) is 5.27. The Morgan fingerprint density at radius 1 is 1.43 bits per heavy atom. The molecule has 118 valence electrons. The van der Waals surface area contributed by atoms with Crippen molar-refractivity contribution in [2.75, 3.05) is 5.32 Å². The van der Waals surface area contributed by atoms with E-state index in [1.807, 2.05) is 0 Å². The van der Waals surface area contributed by atoms with Gasteiger partial charge in [-0.25, -0.2) is 4.79 Å². The largest absolute Gasteiger partial charge is 0.328 e. The zero-order chi connectivity index (χ0) is 16.4. The van der Waals surface area contributed by atoms with Gasteiger partial charge in [0, 0.05) is 30.1 Å². The van der Waals surface area contributed by atoms with Crippen LogP contribution in [0, 0.1) is 11.3 Å². The molecule has 0 saturated carbocycles. The van der Waals surface area contributed by atoms with Gasteiger partial charge in [-0.05, 0) is 24.8 Å². The maximum atomic E-state index is 12.1. The van der Waals surface area contributed by atoms with Crippen LogP contribution in [0.15, 0.2) is 21.9 Å². The fraction of sp³-hybridized carbons (Fsp3) is 0.333. The summed E-state index contributed by atoms with van der Waals surface area (Å²) < 4.78 is 1.26. The van der Waals surface area contributed by atoms with E-state index in [1.54, 1.807) is 0 Å². The fourth-order valence-corrected chi connectivity index (χ4v) is 3.90. The molecule has 0 unspecified atom stereocenters. The average molecular weight is 330 g/mol.